The number of nitrogens with two attached hydrogens (primary N) is 1. The number of urea groups is 1. The number of hydrogen-bond acceptors (Lipinski definition) is 5. The van der Waals surface area contributed by atoms with E-state index >= 15 is 0 Å². The molecule has 0 unspecified atom stereocenters. The number of nitrogens with one attached hydrogen (secondary N) is 1. The van der Waals surface area contributed by atoms with Crippen molar-refractivity contribution in [2.45, 2.75) is 6.42 Å². The summed E-state index contributed by atoms with van der Waals surface area (Å²) in [6, 6.07) is 10.2. The molecule has 1 fully saturated rings. The van der Waals surface area contributed by atoms with Crippen LogP contribution < -0.4 is 16.2 Å². The van der Waals surface area contributed by atoms with Gasteiger partial charge in [-0.25, -0.2) is 19.2 Å². The molecule has 3 N–H and O–H groups in total. The number of carbonyl (C=O) groups excluding carboxylic acids is 3. The van der Waals surface area contributed by atoms with Crippen molar-refractivity contribution in [2.75, 3.05) is 18.0 Å². The zero-order valence-electron chi connectivity index (χ0n) is 15.6. The van der Waals surface area contributed by atoms with E-state index in [1.54, 1.807) is 24.3 Å². The molecule has 0 atom stereocenters. The van der Waals surface area contributed by atoms with Gasteiger partial charge in [-0.1, -0.05) is 24.3 Å². The number of rotatable bonds is 5. The fraction of sp³-hybridized carbons (Fsp3) is 0.150. The summed E-state index contributed by atoms with van der Waals surface area (Å²) in [5.74, 6) is -2.20. The Morgan fingerprint density at radius 3 is 2.60 bits per heavy atom. The fourth-order valence-electron chi connectivity index (χ4n) is 3.44. The van der Waals surface area contributed by atoms with Crippen molar-refractivity contribution in [2.24, 2.45) is 5.73 Å². The Labute approximate surface area is 168 Å². The molecule has 4 rings (SSSR count). The van der Waals surface area contributed by atoms with Crippen LogP contribution in [0.4, 0.5) is 14.9 Å². The minimum atomic E-state index is -0.817. The Kier molecular flexibility index (Phi) is 4.74. The minimum Gasteiger partial charge on any atom is -0.368 e. The smallest absolute Gasteiger partial charge is 0.332 e. The number of anilines is 1. The van der Waals surface area contributed by atoms with Crippen LogP contribution >= 0.6 is 0 Å². The van der Waals surface area contributed by atoms with Crippen molar-refractivity contribution in [3.8, 4) is 0 Å². The number of amides is 4. The quantitative estimate of drug-likeness (QED) is 0.605. The molecule has 0 bridgehead atoms. The van der Waals surface area contributed by atoms with Gasteiger partial charge < -0.3 is 10.6 Å². The van der Waals surface area contributed by atoms with Crippen molar-refractivity contribution >= 4 is 34.3 Å². The molecule has 9 nitrogen and oxygen atoms in total. The lowest BCUT2D eigenvalue weighted by molar-refractivity contribution is -0.119. The number of fused-ring (bicyclic) bond motifs is 1. The van der Waals surface area contributed by atoms with Crippen LogP contribution in [0.2, 0.25) is 0 Å². The summed E-state index contributed by atoms with van der Waals surface area (Å²) in [6.07, 6.45) is 0.228. The molecule has 1 saturated heterocycles. The van der Waals surface area contributed by atoms with Crippen LogP contribution in [0.3, 0.4) is 0 Å². The van der Waals surface area contributed by atoms with E-state index in [1.165, 1.54) is 12.1 Å². The standard InChI is InChI=1S/C20H16FN5O4/c21-14-6-5-11(7-15-12-3-1-2-4-13(12)19(29)24-23-15)8-16(14)26-18(28)10-25(20(26)30)9-17(22)27/h1-6,8H,7,9-10H2,(H2,22,27)(H,24,29). The van der Waals surface area contributed by atoms with E-state index in [0.717, 1.165) is 11.0 Å². The summed E-state index contributed by atoms with van der Waals surface area (Å²) >= 11 is 0. The van der Waals surface area contributed by atoms with Crippen LogP contribution in [0.1, 0.15) is 11.3 Å². The maximum atomic E-state index is 14.5. The fourth-order valence-corrected chi connectivity index (χ4v) is 3.44. The number of nitrogens with zero attached hydrogens (tertiary/aromatic N) is 3. The lowest BCUT2D eigenvalue weighted by Gasteiger charge is -2.17. The molecule has 2 heterocycles. The highest BCUT2D eigenvalue weighted by Gasteiger charge is 2.39. The number of benzene rings is 2. The van der Waals surface area contributed by atoms with Gasteiger partial charge in [-0.3, -0.25) is 14.4 Å². The lowest BCUT2D eigenvalue weighted by atomic mass is 10.0. The van der Waals surface area contributed by atoms with E-state index in [9.17, 15) is 23.6 Å². The number of aromatic nitrogens is 2. The molecule has 0 radical (unpaired) electrons. The Bertz CT molecular complexity index is 1260. The first-order chi connectivity index (χ1) is 14.3. The molecular weight excluding hydrogens is 393 g/mol. The second-order valence-corrected chi connectivity index (χ2v) is 6.84. The lowest BCUT2D eigenvalue weighted by Crippen LogP contribution is -2.38. The van der Waals surface area contributed by atoms with E-state index in [2.05, 4.69) is 10.2 Å². The van der Waals surface area contributed by atoms with E-state index in [1.807, 2.05) is 0 Å². The predicted molar refractivity (Wildman–Crippen MR) is 105 cm³/mol. The van der Waals surface area contributed by atoms with Gasteiger partial charge >= 0.3 is 6.03 Å². The van der Waals surface area contributed by atoms with Crippen molar-refractivity contribution in [3.63, 3.8) is 0 Å². The monoisotopic (exact) mass is 409 g/mol. The molecule has 0 saturated carbocycles. The molecule has 0 aliphatic carbocycles. The molecule has 2 aromatic carbocycles. The molecule has 10 heteroatoms. The Hall–Kier alpha value is -4.08. The number of aromatic amines is 1. The minimum absolute atomic E-state index is 0.219. The number of primary amides is 1. The first-order valence-corrected chi connectivity index (χ1v) is 9.00. The number of imide groups is 1. The third kappa shape index (κ3) is 3.39. The maximum Gasteiger partial charge on any atom is 0.332 e. The molecule has 3 aromatic rings. The molecule has 0 spiro atoms. The summed E-state index contributed by atoms with van der Waals surface area (Å²) in [4.78, 5) is 49.5. The highest BCUT2D eigenvalue weighted by molar-refractivity contribution is 6.20. The zero-order valence-corrected chi connectivity index (χ0v) is 15.6. The normalized spacial score (nSPS) is 14.0. The average molecular weight is 409 g/mol. The van der Waals surface area contributed by atoms with E-state index in [-0.39, 0.29) is 24.2 Å². The molecular formula is C20H16FN5O4. The molecule has 30 heavy (non-hydrogen) atoms. The van der Waals surface area contributed by atoms with Gasteiger partial charge in [0.1, 0.15) is 18.9 Å². The van der Waals surface area contributed by atoms with Gasteiger partial charge in [0.25, 0.3) is 11.5 Å². The highest BCUT2D eigenvalue weighted by Crippen LogP contribution is 2.27. The van der Waals surface area contributed by atoms with Crippen molar-refractivity contribution in [3.05, 3.63) is 69.9 Å². The zero-order chi connectivity index (χ0) is 21.4. The third-order valence-electron chi connectivity index (χ3n) is 4.78. The van der Waals surface area contributed by atoms with Gasteiger partial charge in [0.15, 0.2) is 0 Å². The van der Waals surface area contributed by atoms with Crippen molar-refractivity contribution in [1.82, 2.24) is 15.1 Å². The number of H-pyrrole nitrogens is 1. The first kappa shape index (κ1) is 19.2. The van der Waals surface area contributed by atoms with Crippen LogP contribution in [-0.2, 0) is 16.0 Å². The largest absolute Gasteiger partial charge is 0.368 e. The topological polar surface area (TPSA) is 129 Å². The van der Waals surface area contributed by atoms with E-state index in [4.69, 9.17) is 5.73 Å². The molecule has 152 valence electrons. The second-order valence-electron chi connectivity index (χ2n) is 6.84. The maximum absolute atomic E-state index is 14.5. The van der Waals surface area contributed by atoms with E-state index in [0.29, 0.717) is 26.9 Å². The van der Waals surface area contributed by atoms with E-state index < -0.39 is 30.2 Å². The predicted octanol–water partition coefficient (Wildman–Crippen LogP) is 0.907. The molecule has 1 aromatic heterocycles. The first-order valence-electron chi connectivity index (χ1n) is 9.00. The Balaban J connectivity index is 1.69. The van der Waals surface area contributed by atoms with Gasteiger partial charge in [-0.05, 0) is 23.8 Å². The summed E-state index contributed by atoms with van der Waals surface area (Å²) in [5, 5.41) is 7.64. The highest BCUT2D eigenvalue weighted by atomic mass is 19.1. The average Bonchev–Trinajstić information content (AvgIpc) is 2.98. The van der Waals surface area contributed by atoms with Gasteiger partial charge in [0, 0.05) is 11.8 Å². The van der Waals surface area contributed by atoms with Crippen molar-refractivity contribution in [1.29, 1.82) is 0 Å². The SMILES string of the molecule is NC(=O)CN1CC(=O)N(c2cc(Cc3n[nH]c(=O)c4ccccc34)ccc2F)C1=O. The van der Waals surface area contributed by atoms with Crippen LogP contribution in [0, 0.1) is 5.82 Å². The third-order valence-corrected chi connectivity index (χ3v) is 4.78. The van der Waals surface area contributed by atoms with Gasteiger partial charge in [-0.2, -0.15) is 5.10 Å². The van der Waals surface area contributed by atoms with Crippen LogP contribution in [0.25, 0.3) is 10.8 Å². The number of carbonyl (C=O) groups is 3. The number of halogens is 1. The van der Waals surface area contributed by atoms with Crippen molar-refractivity contribution < 1.29 is 18.8 Å². The van der Waals surface area contributed by atoms with Gasteiger partial charge in [-0.15, -0.1) is 0 Å². The van der Waals surface area contributed by atoms with Crippen LogP contribution in [0.15, 0.2) is 47.3 Å². The summed E-state index contributed by atoms with van der Waals surface area (Å²) in [6.45, 7) is -0.798. The number of hydrogen-bond donors (Lipinski definition) is 2. The Morgan fingerprint density at radius 2 is 1.87 bits per heavy atom. The second kappa shape index (κ2) is 7.39. The molecule has 1 aliphatic heterocycles. The van der Waals surface area contributed by atoms with Crippen LogP contribution in [-0.4, -0.2) is 46.0 Å². The Morgan fingerprint density at radius 1 is 1.13 bits per heavy atom. The van der Waals surface area contributed by atoms with Crippen LogP contribution in [0.5, 0.6) is 0 Å². The molecule has 1 aliphatic rings. The van der Waals surface area contributed by atoms with Gasteiger partial charge in [0.2, 0.25) is 5.91 Å². The molecule has 4 amide bonds. The summed E-state index contributed by atoms with van der Waals surface area (Å²) in [5.41, 5.74) is 5.68. The van der Waals surface area contributed by atoms with Gasteiger partial charge in [0.05, 0.1) is 16.8 Å². The summed E-state index contributed by atoms with van der Waals surface area (Å²) in [7, 11) is 0. The summed E-state index contributed by atoms with van der Waals surface area (Å²) < 4.78 is 14.5.